The average Bonchev–Trinajstić information content (AvgIpc) is 3.14. The topological polar surface area (TPSA) is 94.7 Å². The standard InChI is InChI=1S/C24H27N3O4/c1-24(2)23(30)27(11-9-22(28)29)10-8-17-15-25-21-7-6-19(13-20(17)21)31-18-5-3-4-16(12-18)14-26-24/h3-7,12-13,15,25-26H,8-11,14H2,1-2H3,(H,28,29). The lowest BCUT2D eigenvalue weighted by atomic mass is 10.0. The Morgan fingerprint density at radius 3 is 2.81 bits per heavy atom. The number of fused-ring (bicyclic) bond motifs is 3. The number of rotatable bonds is 3. The molecule has 4 rings (SSSR count). The summed E-state index contributed by atoms with van der Waals surface area (Å²) in [6, 6.07) is 13.7. The van der Waals surface area contributed by atoms with Crippen molar-refractivity contribution in [1.82, 2.24) is 15.2 Å². The van der Waals surface area contributed by atoms with E-state index in [4.69, 9.17) is 9.84 Å². The van der Waals surface area contributed by atoms with Gasteiger partial charge in [-0.1, -0.05) is 12.1 Å². The van der Waals surface area contributed by atoms with E-state index in [9.17, 15) is 9.59 Å². The number of carboxylic acid groups (broad SMARTS) is 1. The van der Waals surface area contributed by atoms with Crippen LogP contribution in [0.1, 0.15) is 31.4 Å². The fraction of sp³-hybridized carbons (Fsp3) is 0.333. The van der Waals surface area contributed by atoms with Gasteiger partial charge in [0.05, 0.1) is 12.0 Å². The number of nitrogens with one attached hydrogen (secondary N) is 2. The monoisotopic (exact) mass is 421 g/mol. The molecule has 1 aromatic heterocycles. The van der Waals surface area contributed by atoms with Gasteiger partial charge in [0, 0.05) is 36.7 Å². The summed E-state index contributed by atoms with van der Waals surface area (Å²) in [5.74, 6) is 0.446. The summed E-state index contributed by atoms with van der Waals surface area (Å²) in [6.07, 6.45) is 2.46. The number of hydrogen-bond acceptors (Lipinski definition) is 4. The van der Waals surface area contributed by atoms with Gasteiger partial charge in [0.1, 0.15) is 11.5 Å². The smallest absolute Gasteiger partial charge is 0.305 e. The second-order valence-corrected chi connectivity index (χ2v) is 8.44. The van der Waals surface area contributed by atoms with Crippen LogP contribution < -0.4 is 10.1 Å². The number of amides is 1. The molecule has 3 N–H and O–H groups in total. The van der Waals surface area contributed by atoms with Crippen molar-refractivity contribution in [3.63, 3.8) is 0 Å². The highest BCUT2D eigenvalue weighted by atomic mass is 16.5. The Hall–Kier alpha value is -3.32. The van der Waals surface area contributed by atoms with E-state index in [1.165, 1.54) is 0 Å². The van der Waals surface area contributed by atoms with Gasteiger partial charge in [0.25, 0.3) is 0 Å². The lowest BCUT2D eigenvalue weighted by Gasteiger charge is -2.33. The van der Waals surface area contributed by atoms with Crippen LogP contribution in [0.15, 0.2) is 48.7 Å². The lowest BCUT2D eigenvalue weighted by Crippen LogP contribution is -2.54. The van der Waals surface area contributed by atoms with Gasteiger partial charge in [-0.05, 0) is 61.7 Å². The van der Waals surface area contributed by atoms with Crippen molar-refractivity contribution in [1.29, 1.82) is 0 Å². The maximum Gasteiger partial charge on any atom is 0.305 e. The molecule has 0 saturated heterocycles. The van der Waals surface area contributed by atoms with E-state index in [2.05, 4.69) is 10.3 Å². The Morgan fingerprint density at radius 2 is 2.00 bits per heavy atom. The van der Waals surface area contributed by atoms with Crippen molar-refractivity contribution in [2.75, 3.05) is 13.1 Å². The fourth-order valence-electron chi connectivity index (χ4n) is 3.88. The zero-order chi connectivity index (χ0) is 22.0. The highest BCUT2D eigenvalue weighted by molar-refractivity contribution is 5.87. The molecule has 31 heavy (non-hydrogen) atoms. The minimum atomic E-state index is -0.917. The minimum absolute atomic E-state index is 0.0876. The number of aromatic amines is 1. The first-order valence-electron chi connectivity index (χ1n) is 10.4. The molecule has 0 unspecified atom stereocenters. The van der Waals surface area contributed by atoms with Crippen molar-refractivity contribution in [3.8, 4) is 11.5 Å². The van der Waals surface area contributed by atoms with Crippen molar-refractivity contribution in [3.05, 3.63) is 59.8 Å². The van der Waals surface area contributed by atoms with Crippen molar-refractivity contribution in [2.45, 2.75) is 38.8 Å². The van der Waals surface area contributed by atoms with Crippen LogP contribution in [-0.2, 0) is 22.6 Å². The molecule has 1 aliphatic rings. The van der Waals surface area contributed by atoms with E-state index in [0.717, 1.165) is 33.5 Å². The Labute approximate surface area is 181 Å². The number of hydrogen-bond donors (Lipinski definition) is 3. The molecule has 2 aromatic carbocycles. The third-order valence-corrected chi connectivity index (χ3v) is 5.68. The van der Waals surface area contributed by atoms with Gasteiger partial charge in [0.15, 0.2) is 0 Å². The average molecular weight is 421 g/mol. The normalized spacial score (nSPS) is 16.6. The molecule has 162 valence electrons. The minimum Gasteiger partial charge on any atom is -0.481 e. The second-order valence-electron chi connectivity index (χ2n) is 8.44. The molecule has 0 atom stereocenters. The molecule has 1 aliphatic heterocycles. The van der Waals surface area contributed by atoms with Gasteiger partial charge in [-0.2, -0.15) is 0 Å². The molecule has 2 heterocycles. The summed E-state index contributed by atoms with van der Waals surface area (Å²) < 4.78 is 6.10. The van der Waals surface area contributed by atoms with Crippen molar-refractivity contribution in [2.24, 2.45) is 0 Å². The highest BCUT2D eigenvalue weighted by Crippen LogP contribution is 2.29. The van der Waals surface area contributed by atoms with Crippen LogP contribution >= 0.6 is 0 Å². The molecule has 1 amide bonds. The molecular weight excluding hydrogens is 394 g/mol. The highest BCUT2D eigenvalue weighted by Gasteiger charge is 2.31. The van der Waals surface area contributed by atoms with Crippen LogP contribution in [0.25, 0.3) is 10.9 Å². The van der Waals surface area contributed by atoms with Crippen LogP contribution in [0.5, 0.6) is 11.5 Å². The number of carboxylic acids is 1. The van der Waals surface area contributed by atoms with Crippen LogP contribution in [0, 0.1) is 0 Å². The third kappa shape index (κ3) is 4.72. The molecule has 0 spiro atoms. The molecule has 7 nitrogen and oxygen atoms in total. The zero-order valence-electron chi connectivity index (χ0n) is 17.8. The van der Waals surface area contributed by atoms with Gasteiger partial charge in [0.2, 0.25) is 5.91 Å². The summed E-state index contributed by atoms with van der Waals surface area (Å²) in [6.45, 7) is 4.76. The lowest BCUT2D eigenvalue weighted by molar-refractivity contribution is -0.140. The Bertz CT molecular complexity index is 1120. The summed E-state index contributed by atoms with van der Waals surface area (Å²) >= 11 is 0. The van der Waals surface area contributed by atoms with Gasteiger partial charge >= 0.3 is 5.97 Å². The summed E-state index contributed by atoms with van der Waals surface area (Å²) in [7, 11) is 0. The van der Waals surface area contributed by atoms with E-state index < -0.39 is 11.5 Å². The first kappa shape index (κ1) is 20.9. The fourth-order valence-corrected chi connectivity index (χ4v) is 3.88. The quantitative estimate of drug-likeness (QED) is 0.600. The number of benzene rings is 2. The van der Waals surface area contributed by atoms with Crippen LogP contribution in [-0.4, -0.2) is 45.5 Å². The maximum atomic E-state index is 13.3. The molecule has 0 aliphatic carbocycles. The maximum absolute atomic E-state index is 13.3. The second kappa shape index (κ2) is 8.43. The number of nitrogens with zero attached hydrogens (tertiary/aromatic N) is 1. The number of aliphatic carboxylic acids is 1. The molecule has 0 saturated carbocycles. The van der Waals surface area contributed by atoms with Gasteiger partial charge in [-0.15, -0.1) is 0 Å². The zero-order valence-corrected chi connectivity index (χ0v) is 17.8. The van der Waals surface area contributed by atoms with Crippen molar-refractivity contribution < 1.29 is 19.4 Å². The van der Waals surface area contributed by atoms with Crippen LogP contribution in [0.2, 0.25) is 0 Å². The summed E-state index contributed by atoms with van der Waals surface area (Å²) in [5.41, 5.74) is 2.20. The van der Waals surface area contributed by atoms with Gasteiger partial charge in [-0.25, -0.2) is 0 Å². The van der Waals surface area contributed by atoms with Gasteiger partial charge < -0.3 is 19.7 Å². The summed E-state index contributed by atoms with van der Waals surface area (Å²) in [5, 5.41) is 13.5. The predicted octanol–water partition coefficient (Wildman–Crippen LogP) is 3.69. The summed E-state index contributed by atoms with van der Waals surface area (Å²) in [4.78, 5) is 29.4. The van der Waals surface area contributed by atoms with Crippen LogP contribution in [0.3, 0.4) is 0 Å². The Morgan fingerprint density at radius 1 is 1.19 bits per heavy atom. The number of carbonyl (C=O) groups excluding carboxylic acids is 1. The largest absolute Gasteiger partial charge is 0.481 e. The number of carbonyl (C=O) groups is 2. The number of aromatic nitrogens is 1. The predicted molar refractivity (Wildman–Crippen MR) is 118 cm³/mol. The first-order valence-corrected chi connectivity index (χ1v) is 10.4. The Balaban J connectivity index is 1.73. The van der Waals surface area contributed by atoms with E-state index >= 15 is 0 Å². The van der Waals surface area contributed by atoms with Crippen LogP contribution in [0.4, 0.5) is 0 Å². The first-order chi connectivity index (χ1) is 14.8. The number of H-pyrrole nitrogens is 1. The molecule has 0 radical (unpaired) electrons. The van der Waals surface area contributed by atoms with E-state index in [-0.39, 0.29) is 18.9 Å². The Kier molecular flexibility index (Phi) is 5.69. The van der Waals surface area contributed by atoms with E-state index in [0.29, 0.717) is 19.5 Å². The van der Waals surface area contributed by atoms with E-state index in [1.807, 2.05) is 62.5 Å². The molecule has 0 fully saturated rings. The third-order valence-electron chi connectivity index (χ3n) is 5.68. The SMILES string of the molecule is CC1(C)NCc2cccc(c2)Oc2ccc3[nH]cc(c3c2)CCN(CCC(=O)O)C1=O. The van der Waals surface area contributed by atoms with Crippen molar-refractivity contribution >= 4 is 22.8 Å². The molecule has 3 aromatic rings. The molecule has 7 heteroatoms. The van der Waals surface area contributed by atoms with Gasteiger partial charge in [-0.3, -0.25) is 14.9 Å². The van der Waals surface area contributed by atoms with E-state index in [1.54, 1.807) is 4.90 Å². The number of ether oxygens (including phenoxy) is 1. The molecule has 4 bridgehead atoms. The molecular formula is C24H27N3O4.